The molecule has 3 rings (SSSR count). The average Bonchev–Trinajstić information content (AvgIpc) is 3.21. The second-order valence-corrected chi connectivity index (χ2v) is 6.23. The molecule has 2 N–H and O–H groups in total. The van der Waals surface area contributed by atoms with Gasteiger partial charge in [0.1, 0.15) is 5.82 Å². The predicted molar refractivity (Wildman–Crippen MR) is 85.7 cm³/mol. The Morgan fingerprint density at radius 3 is 3.08 bits per heavy atom. The number of halogens is 1. The van der Waals surface area contributed by atoms with Crippen molar-refractivity contribution in [2.24, 2.45) is 5.73 Å². The van der Waals surface area contributed by atoms with Gasteiger partial charge in [-0.2, -0.15) is 4.98 Å². The molecule has 7 heteroatoms. The summed E-state index contributed by atoms with van der Waals surface area (Å²) in [6.45, 7) is 3.08. The van der Waals surface area contributed by atoms with Crippen molar-refractivity contribution in [2.75, 3.05) is 6.54 Å². The molecule has 2 aromatic rings. The molecule has 0 bridgehead atoms. The van der Waals surface area contributed by atoms with Gasteiger partial charge >= 0.3 is 0 Å². The third kappa shape index (κ3) is 3.62. The number of hydrogen-bond donors (Lipinski definition) is 1. The monoisotopic (exact) mass is 332 g/mol. The molecule has 128 valence electrons. The number of primary amides is 1. The second-order valence-electron chi connectivity index (χ2n) is 6.23. The SMILES string of the molecule is C[C@@H](CCc1cccc(F)c1)N1CCC[C@H]1c1nc(C(N)=O)no1. The Bertz CT molecular complexity index is 718. The molecule has 1 saturated heterocycles. The number of carbonyl (C=O) groups is 1. The number of hydrogen-bond acceptors (Lipinski definition) is 5. The molecule has 0 unspecified atom stereocenters. The number of likely N-dealkylation sites (tertiary alicyclic amines) is 1. The smallest absolute Gasteiger partial charge is 0.290 e. The van der Waals surface area contributed by atoms with Crippen LogP contribution >= 0.6 is 0 Å². The number of benzene rings is 1. The van der Waals surface area contributed by atoms with Crippen LogP contribution in [0.15, 0.2) is 28.8 Å². The lowest BCUT2D eigenvalue weighted by Crippen LogP contribution is -2.33. The Morgan fingerprint density at radius 1 is 1.54 bits per heavy atom. The van der Waals surface area contributed by atoms with Crippen LogP contribution in [0, 0.1) is 5.82 Å². The highest BCUT2D eigenvalue weighted by atomic mass is 19.1. The zero-order chi connectivity index (χ0) is 17.1. The van der Waals surface area contributed by atoms with Crippen molar-refractivity contribution >= 4 is 5.91 Å². The van der Waals surface area contributed by atoms with Gasteiger partial charge in [0.25, 0.3) is 11.7 Å². The van der Waals surface area contributed by atoms with E-state index in [-0.39, 0.29) is 23.7 Å². The lowest BCUT2D eigenvalue weighted by Gasteiger charge is -2.28. The fourth-order valence-corrected chi connectivity index (χ4v) is 3.29. The van der Waals surface area contributed by atoms with E-state index >= 15 is 0 Å². The van der Waals surface area contributed by atoms with Gasteiger partial charge in [-0.25, -0.2) is 4.39 Å². The van der Waals surface area contributed by atoms with Crippen LogP contribution < -0.4 is 5.73 Å². The fourth-order valence-electron chi connectivity index (χ4n) is 3.29. The molecule has 2 heterocycles. The first-order valence-corrected chi connectivity index (χ1v) is 8.18. The highest BCUT2D eigenvalue weighted by molar-refractivity contribution is 5.88. The van der Waals surface area contributed by atoms with E-state index in [0.29, 0.717) is 5.89 Å². The number of amides is 1. The van der Waals surface area contributed by atoms with Gasteiger partial charge < -0.3 is 10.3 Å². The molecule has 1 fully saturated rings. The Kier molecular flexibility index (Phi) is 4.89. The number of rotatable bonds is 6. The van der Waals surface area contributed by atoms with E-state index < -0.39 is 5.91 Å². The van der Waals surface area contributed by atoms with Crippen LogP contribution in [0.4, 0.5) is 4.39 Å². The normalized spacial score (nSPS) is 19.5. The van der Waals surface area contributed by atoms with Crippen molar-refractivity contribution in [3.05, 3.63) is 47.4 Å². The number of aryl methyl sites for hydroxylation is 1. The lowest BCUT2D eigenvalue weighted by molar-refractivity contribution is 0.0987. The maximum atomic E-state index is 13.3. The summed E-state index contributed by atoms with van der Waals surface area (Å²) in [5.74, 6) is -0.527. The molecule has 0 radical (unpaired) electrons. The zero-order valence-electron chi connectivity index (χ0n) is 13.6. The molecular formula is C17H21FN4O2. The maximum Gasteiger partial charge on any atom is 0.290 e. The van der Waals surface area contributed by atoms with Gasteiger partial charge in [-0.15, -0.1) is 0 Å². The number of aromatic nitrogens is 2. The quantitative estimate of drug-likeness (QED) is 0.878. The molecule has 1 aliphatic heterocycles. The molecule has 6 nitrogen and oxygen atoms in total. The third-order valence-electron chi connectivity index (χ3n) is 4.55. The van der Waals surface area contributed by atoms with Crippen LogP contribution in [0.3, 0.4) is 0 Å². The van der Waals surface area contributed by atoms with Crippen molar-refractivity contribution in [2.45, 2.75) is 44.7 Å². The van der Waals surface area contributed by atoms with Crippen LogP contribution in [0.5, 0.6) is 0 Å². The Balaban J connectivity index is 1.64. The van der Waals surface area contributed by atoms with E-state index in [0.717, 1.165) is 37.8 Å². The van der Waals surface area contributed by atoms with Crippen LogP contribution in [0.1, 0.15) is 54.3 Å². The van der Waals surface area contributed by atoms with E-state index in [2.05, 4.69) is 22.0 Å². The van der Waals surface area contributed by atoms with Crippen molar-refractivity contribution in [3.8, 4) is 0 Å². The van der Waals surface area contributed by atoms with E-state index in [4.69, 9.17) is 10.3 Å². The Hall–Kier alpha value is -2.28. The number of nitrogens with two attached hydrogens (primary N) is 1. The summed E-state index contributed by atoms with van der Waals surface area (Å²) in [6.07, 6.45) is 3.64. The molecule has 0 saturated carbocycles. The molecule has 1 aromatic heterocycles. The summed E-state index contributed by atoms with van der Waals surface area (Å²) in [6, 6.07) is 6.99. The van der Waals surface area contributed by atoms with Crippen molar-refractivity contribution in [1.82, 2.24) is 15.0 Å². The fraction of sp³-hybridized carbons (Fsp3) is 0.471. The minimum absolute atomic E-state index is 0.00751. The minimum Gasteiger partial charge on any atom is -0.363 e. The topological polar surface area (TPSA) is 85.3 Å². The van der Waals surface area contributed by atoms with Gasteiger partial charge in [-0.3, -0.25) is 9.69 Å². The first-order chi connectivity index (χ1) is 11.5. The number of carbonyl (C=O) groups excluding carboxylic acids is 1. The van der Waals surface area contributed by atoms with Gasteiger partial charge in [0.15, 0.2) is 0 Å². The van der Waals surface area contributed by atoms with E-state index in [1.54, 1.807) is 12.1 Å². The van der Waals surface area contributed by atoms with E-state index in [1.807, 2.05) is 6.07 Å². The lowest BCUT2D eigenvalue weighted by atomic mass is 10.0. The molecule has 2 atom stereocenters. The summed E-state index contributed by atoms with van der Waals surface area (Å²) in [7, 11) is 0. The Morgan fingerprint density at radius 2 is 2.38 bits per heavy atom. The number of nitrogens with zero attached hydrogens (tertiary/aromatic N) is 3. The van der Waals surface area contributed by atoms with Crippen LogP contribution in [0.25, 0.3) is 0 Å². The first-order valence-electron chi connectivity index (χ1n) is 8.18. The molecular weight excluding hydrogens is 311 g/mol. The summed E-state index contributed by atoms with van der Waals surface area (Å²) >= 11 is 0. The third-order valence-corrected chi connectivity index (χ3v) is 4.55. The van der Waals surface area contributed by atoms with Crippen molar-refractivity contribution < 1.29 is 13.7 Å². The van der Waals surface area contributed by atoms with E-state index in [1.165, 1.54) is 6.07 Å². The first kappa shape index (κ1) is 16.6. The second kappa shape index (κ2) is 7.09. The molecule has 1 amide bonds. The molecule has 0 spiro atoms. The molecule has 1 aliphatic rings. The average molecular weight is 332 g/mol. The summed E-state index contributed by atoms with van der Waals surface area (Å²) in [5.41, 5.74) is 6.17. The van der Waals surface area contributed by atoms with Crippen LogP contribution in [0.2, 0.25) is 0 Å². The van der Waals surface area contributed by atoms with Crippen molar-refractivity contribution in [1.29, 1.82) is 0 Å². The molecule has 1 aromatic carbocycles. The molecule has 0 aliphatic carbocycles. The summed E-state index contributed by atoms with van der Waals surface area (Å²) < 4.78 is 18.5. The molecule has 24 heavy (non-hydrogen) atoms. The standard InChI is InChI=1S/C17H21FN4O2/c1-11(7-8-12-4-2-5-13(18)10-12)22-9-3-6-14(22)17-20-16(15(19)23)21-24-17/h2,4-5,10-11,14H,3,6-9H2,1H3,(H2,19,23)/t11-,14-/m0/s1. The summed E-state index contributed by atoms with van der Waals surface area (Å²) in [5, 5.41) is 3.63. The minimum atomic E-state index is -0.686. The van der Waals surface area contributed by atoms with Crippen molar-refractivity contribution in [3.63, 3.8) is 0 Å². The highest BCUT2D eigenvalue weighted by Gasteiger charge is 2.33. The highest BCUT2D eigenvalue weighted by Crippen LogP contribution is 2.33. The van der Waals surface area contributed by atoms with Gasteiger partial charge in [0.2, 0.25) is 5.89 Å². The van der Waals surface area contributed by atoms with E-state index in [9.17, 15) is 9.18 Å². The van der Waals surface area contributed by atoms with Gasteiger partial charge in [-0.05, 0) is 56.8 Å². The predicted octanol–water partition coefficient (Wildman–Crippen LogP) is 2.47. The zero-order valence-corrected chi connectivity index (χ0v) is 13.6. The van der Waals surface area contributed by atoms with Gasteiger partial charge in [-0.1, -0.05) is 17.3 Å². The van der Waals surface area contributed by atoms with Gasteiger partial charge in [0.05, 0.1) is 6.04 Å². The summed E-state index contributed by atoms with van der Waals surface area (Å²) in [4.78, 5) is 17.5. The Labute approximate surface area is 139 Å². The largest absolute Gasteiger partial charge is 0.363 e. The van der Waals surface area contributed by atoms with Gasteiger partial charge in [0, 0.05) is 6.04 Å². The maximum absolute atomic E-state index is 13.3. The van der Waals surface area contributed by atoms with Crippen LogP contribution in [-0.4, -0.2) is 33.5 Å². The van der Waals surface area contributed by atoms with Crippen LogP contribution in [-0.2, 0) is 6.42 Å².